The van der Waals surface area contributed by atoms with Gasteiger partial charge in [0.05, 0.1) is 4.90 Å². The average molecular weight is 413 g/mol. The maximum Gasteiger partial charge on any atom is 0.261 e. The van der Waals surface area contributed by atoms with Crippen molar-refractivity contribution in [1.29, 1.82) is 0 Å². The summed E-state index contributed by atoms with van der Waals surface area (Å²) in [6, 6.07) is 13.6. The van der Waals surface area contributed by atoms with E-state index in [9.17, 15) is 13.2 Å². The molecule has 4 rings (SSSR count). The molecule has 0 unspecified atom stereocenters. The number of fused-ring (bicyclic) bond motifs is 1. The second kappa shape index (κ2) is 8.19. The van der Waals surface area contributed by atoms with Gasteiger partial charge in [0.1, 0.15) is 0 Å². The van der Waals surface area contributed by atoms with Gasteiger partial charge in [-0.2, -0.15) is 0 Å². The van der Waals surface area contributed by atoms with E-state index < -0.39 is 10.0 Å². The predicted octanol–water partition coefficient (Wildman–Crippen LogP) is 4.45. The van der Waals surface area contributed by atoms with Crippen molar-refractivity contribution < 1.29 is 13.2 Å². The van der Waals surface area contributed by atoms with Gasteiger partial charge in [-0.3, -0.25) is 9.52 Å². The van der Waals surface area contributed by atoms with Crippen LogP contribution in [0.25, 0.3) is 0 Å². The molecule has 1 saturated heterocycles. The molecule has 1 heterocycles. The van der Waals surface area contributed by atoms with E-state index in [1.807, 2.05) is 24.0 Å². The molecule has 0 bridgehead atoms. The number of sulfonamides is 1. The van der Waals surface area contributed by atoms with Gasteiger partial charge < -0.3 is 4.90 Å². The molecule has 2 aliphatic rings. The van der Waals surface area contributed by atoms with E-state index in [0.29, 0.717) is 17.2 Å². The molecule has 29 heavy (non-hydrogen) atoms. The van der Waals surface area contributed by atoms with E-state index in [1.54, 1.807) is 24.3 Å². The van der Waals surface area contributed by atoms with E-state index >= 15 is 0 Å². The van der Waals surface area contributed by atoms with Crippen LogP contribution in [0.15, 0.2) is 53.4 Å². The number of amides is 1. The lowest BCUT2D eigenvalue weighted by atomic mass is 9.75. The summed E-state index contributed by atoms with van der Waals surface area (Å²) in [6.07, 6.45) is 6.10. The average Bonchev–Trinajstić information content (AvgIpc) is 2.72. The van der Waals surface area contributed by atoms with Crippen LogP contribution in [-0.2, 0) is 10.0 Å². The van der Waals surface area contributed by atoms with Gasteiger partial charge in [0.15, 0.2) is 0 Å². The third-order valence-electron chi connectivity index (χ3n) is 6.24. The topological polar surface area (TPSA) is 66.5 Å². The van der Waals surface area contributed by atoms with Gasteiger partial charge in [0.2, 0.25) is 0 Å². The lowest BCUT2D eigenvalue weighted by Crippen LogP contribution is -2.44. The standard InChI is InChI=1S/C23H28N2O3S/c1-17-6-4-10-21(14-17)24-29(27,28)22-11-5-9-19(15-22)23(26)25-13-12-18-7-2-3-8-20(18)16-25/h4-6,9-11,14-15,18,20,24H,2-3,7-8,12-13,16H2,1H3/t18-,20+/m1/s1. The first-order valence-corrected chi connectivity index (χ1v) is 11.9. The number of likely N-dealkylation sites (tertiary alicyclic amines) is 1. The fourth-order valence-corrected chi connectivity index (χ4v) is 5.78. The van der Waals surface area contributed by atoms with Crippen molar-refractivity contribution in [3.05, 3.63) is 59.7 Å². The van der Waals surface area contributed by atoms with Crippen molar-refractivity contribution in [2.24, 2.45) is 11.8 Å². The Morgan fingerprint density at radius 3 is 2.55 bits per heavy atom. The van der Waals surface area contributed by atoms with Crippen LogP contribution in [0.2, 0.25) is 0 Å². The highest BCUT2D eigenvalue weighted by atomic mass is 32.2. The Hall–Kier alpha value is -2.34. The monoisotopic (exact) mass is 412 g/mol. The maximum absolute atomic E-state index is 13.1. The summed E-state index contributed by atoms with van der Waals surface area (Å²) in [5, 5.41) is 0. The van der Waals surface area contributed by atoms with E-state index in [1.165, 1.54) is 37.8 Å². The molecule has 2 fully saturated rings. The summed E-state index contributed by atoms with van der Waals surface area (Å²) in [4.78, 5) is 15.1. The number of piperidine rings is 1. The number of carbonyl (C=O) groups is 1. The highest BCUT2D eigenvalue weighted by Crippen LogP contribution is 2.36. The van der Waals surface area contributed by atoms with Crippen LogP contribution in [0, 0.1) is 18.8 Å². The molecule has 1 aliphatic heterocycles. The number of anilines is 1. The number of carbonyl (C=O) groups excluding carboxylic acids is 1. The number of hydrogen-bond acceptors (Lipinski definition) is 3. The van der Waals surface area contributed by atoms with Gasteiger partial charge >= 0.3 is 0 Å². The summed E-state index contributed by atoms with van der Waals surface area (Å²) >= 11 is 0. The minimum atomic E-state index is -3.76. The third-order valence-corrected chi connectivity index (χ3v) is 7.62. The first kappa shape index (κ1) is 20.0. The lowest BCUT2D eigenvalue weighted by Gasteiger charge is -2.41. The molecule has 1 N–H and O–H groups in total. The van der Waals surface area contributed by atoms with Gasteiger partial charge in [-0.1, -0.05) is 37.5 Å². The second-order valence-electron chi connectivity index (χ2n) is 8.35. The van der Waals surface area contributed by atoms with Crippen LogP contribution in [-0.4, -0.2) is 32.3 Å². The number of nitrogens with one attached hydrogen (secondary N) is 1. The lowest BCUT2D eigenvalue weighted by molar-refractivity contribution is 0.0520. The number of nitrogens with zero attached hydrogens (tertiary/aromatic N) is 1. The van der Waals surface area contributed by atoms with E-state index in [4.69, 9.17) is 0 Å². The second-order valence-corrected chi connectivity index (χ2v) is 10.0. The summed E-state index contributed by atoms with van der Waals surface area (Å²) in [6.45, 7) is 3.47. The van der Waals surface area contributed by atoms with Crippen molar-refractivity contribution >= 4 is 21.6 Å². The molecule has 0 spiro atoms. The molecule has 2 atom stereocenters. The van der Waals surface area contributed by atoms with Gasteiger partial charge in [-0.25, -0.2) is 8.42 Å². The maximum atomic E-state index is 13.1. The number of benzene rings is 2. The molecule has 0 radical (unpaired) electrons. The van der Waals surface area contributed by atoms with Crippen molar-refractivity contribution in [2.45, 2.75) is 43.9 Å². The normalized spacial score (nSPS) is 22.0. The molecule has 154 valence electrons. The van der Waals surface area contributed by atoms with Crippen LogP contribution in [0.4, 0.5) is 5.69 Å². The van der Waals surface area contributed by atoms with Crippen LogP contribution in [0.3, 0.4) is 0 Å². The number of hydrogen-bond donors (Lipinski definition) is 1. The van der Waals surface area contributed by atoms with Crippen molar-refractivity contribution in [1.82, 2.24) is 4.90 Å². The molecule has 6 heteroatoms. The fraction of sp³-hybridized carbons (Fsp3) is 0.435. The number of aryl methyl sites for hydroxylation is 1. The van der Waals surface area contributed by atoms with Crippen LogP contribution in [0.1, 0.15) is 48.0 Å². The Kier molecular flexibility index (Phi) is 5.63. The minimum Gasteiger partial charge on any atom is -0.338 e. The number of rotatable bonds is 4. The van der Waals surface area contributed by atoms with E-state index in [-0.39, 0.29) is 10.8 Å². The van der Waals surface area contributed by atoms with Gasteiger partial charge in [0, 0.05) is 24.3 Å². The summed E-state index contributed by atoms with van der Waals surface area (Å²) in [7, 11) is -3.76. The zero-order valence-corrected chi connectivity index (χ0v) is 17.6. The molecule has 2 aromatic rings. The highest BCUT2D eigenvalue weighted by molar-refractivity contribution is 7.92. The molecule has 1 aliphatic carbocycles. The van der Waals surface area contributed by atoms with Crippen molar-refractivity contribution in [3.8, 4) is 0 Å². The van der Waals surface area contributed by atoms with Crippen LogP contribution >= 0.6 is 0 Å². The molecular weight excluding hydrogens is 384 g/mol. The quantitative estimate of drug-likeness (QED) is 0.807. The highest BCUT2D eigenvalue weighted by Gasteiger charge is 2.33. The molecule has 1 saturated carbocycles. The van der Waals surface area contributed by atoms with Gasteiger partial charge in [-0.15, -0.1) is 0 Å². The molecule has 0 aromatic heterocycles. The predicted molar refractivity (Wildman–Crippen MR) is 114 cm³/mol. The van der Waals surface area contributed by atoms with Crippen LogP contribution in [0.5, 0.6) is 0 Å². The zero-order valence-electron chi connectivity index (χ0n) is 16.8. The Bertz CT molecular complexity index is 1000. The largest absolute Gasteiger partial charge is 0.338 e. The van der Waals surface area contributed by atoms with Crippen LogP contribution < -0.4 is 4.72 Å². The summed E-state index contributed by atoms with van der Waals surface area (Å²) in [5.74, 6) is 1.27. The Balaban J connectivity index is 1.51. The van der Waals surface area contributed by atoms with Gasteiger partial charge in [0.25, 0.3) is 15.9 Å². The first-order valence-electron chi connectivity index (χ1n) is 10.4. The minimum absolute atomic E-state index is 0.0679. The Labute approximate surface area is 173 Å². The van der Waals surface area contributed by atoms with Gasteiger partial charge in [-0.05, 0) is 67.5 Å². The van der Waals surface area contributed by atoms with E-state index in [2.05, 4.69) is 4.72 Å². The van der Waals surface area contributed by atoms with E-state index in [0.717, 1.165) is 31.0 Å². The third kappa shape index (κ3) is 4.47. The Morgan fingerprint density at radius 1 is 1.00 bits per heavy atom. The SMILES string of the molecule is Cc1cccc(NS(=O)(=O)c2cccc(C(=O)N3CC[C@H]4CCCC[C@H]4C3)c2)c1. The smallest absolute Gasteiger partial charge is 0.261 e. The summed E-state index contributed by atoms with van der Waals surface area (Å²) in [5.41, 5.74) is 1.92. The summed E-state index contributed by atoms with van der Waals surface area (Å²) < 4.78 is 28.2. The fourth-order valence-electron chi connectivity index (χ4n) is 4.69. The first-order chi connectivity index (χ1) is 13.9. The zero-order chi connectivity index (χ0) is 20.4. The molecular formula is C23H28N2O3S. The molecule has 1 amide bonds. The van der Waals surface area contributed by atoms with Crippen molar-refractivity contribution in [2.75, 3.05) is 17.8 Å². The molecule has 2 aromatic carbocycles. The van der Waals surface area contributed by atoms with Crippen molar-refractivity contribution in [3.63, 3.8) is 0 Å². The Morgan fingerprint density at radius 2 is 1.76 bits per heavy atom. The molecule has 5 nitrogen and oxygen atoms in total.